The van der Waals surface area contributed by atoms with Crippen molar-refractivity contribution in [3.05, 3.63) is 78.1 Å². The van der Waals surface area contributed by atoms with Gasteiger partial charge in [0, 0.05) is 12.2 Å². The number of amides is 2. The number of benzene rings is 3. The lowest BCUT2D eigenvalue weighted by atomic mass is 10.1. The van der Waals surface area contributed by atoms with Crippen molar-refractivity contribution in [1.82, 2.24) is 20.1 Å². The van der Waals surface area contributed by atoms with Gasteiger partial charge in [0.15, 0.2) is 17.1 Å². The first-order valence-corrected chi connectivity index (χ1v) is 13.3. The van der Waals surface area contributed by atoms with Gasteiger partial charge in [-0.2, -0.15) is 0 Å². The second-order valence-electron chi connectivity index (χ2n) is 8.52. The summed E-state index contributed by atoms with van der Waals surface area (Å²) in [5.41, 5.74) is 1.96. The third-order valence-corrected chi connectivity index (χ3v) is 6.88. The van der Waals surface area contributed by atoms with E-state index in [1.807, 2.05) is 78.2 Å². The van der Waals surface area contributed by atoms with Crippen molar-refractivity contribution in [3.8, 4) is 5.75 Å². The molecular formula is C28H31N5O3S. The Hall–Kier alpha value is -3.85. The molecule has 37 heavy (non-hydrogen) atoms. The molecule has 192 valence electrons. The maximum atomic E-state index is 12.6. The minimum absolute atomic E-state index is 0.126. The van der Waals surface area contributed by atoms with Crippen molar-refractivity contribution >= 4 is 40.0 Å². The van der Waals surface area contributed by atoms with Gasteiger partial charge in [-0.15, -0.1) is 10.2 Å². The first-order chi connectivity index (χ1) is 18.0. The summed E-state index contributed by atoms with van der Waals surface area (Å²) in [7, 11) is 0. The van der Waals surface area contributed by atoms with Crippen LogP contribution in [0.4, 0.5) is 5.69 Å². The van der Waals surface area contributed by atoms with Crippen LogP contribution in [-0.4, -0.2) is 38.4 Å². The van der Waals surface area contributed by atoms with Crippen LogP contribution >= 0.6 is 11.8 Å². The average molecular weight is 518 g/mol. The standard InChI is InChI=1S/C28H31N5O3S/c1-4-20-10-14-24(15-11-20)36-19(3)27(35)29-17-25-31-32-28(33(25)5-2)37-18-26(34)30-23-13-12-21-8-6-7-9-22(21)16-23/h6-16,19H,4-5,17-18H2,1-3H3,(H,29,35)(H,30,34)/t19-/m0/s1. The zero-order chi connectivity index (χ0) is 26.2. The van der Waals surface area contributed by atoms with E-state index in [0.29, 0.717) is 23.3 Å². The zero-order valence-electron chi connectivity index (χ0n) is 21.2. The second-order valence-corrected chi connectivity index (χ2v) is 9.46. The molecule has 0 aliphatic carbocycles. The van der Waals surface area contributed by atoms with Crippen LogP contribution in [-0.2, 0) is 29.1 Å². The number of aryl methyl sites for hydroxylation is 1. The third-order valence-electron chi connectivity index (χ3n) is 5.91. The molecule has 9 heteroatoms. The number of rotatable bonds is 11. The minimum Gasteiger partial charge on any atom is -0.481 e. The molecule has 2 N–H and O–H groups in total. The van der Waals surface area contributed by atoms with Crippen LogP contribution in [0.1, 0.15) is 32.2 Å². The first kappa shape index (κ1) is 26.2. The molecule has 0 unspecified atom stereocenters. The van der Waals surface area contributed by atoms with Crippen LogP contribution in [0, 0.1) is 0 Å². The van der Waals surface area contributed by atoms with E-state index >= 15 is 0 Å². The summed E-state index contributed by atoms with van der Waals surface area (Å²) in [4.78, 5) is 25.1. The summed E-state index contributed by atoms with van der Waals surface area (Å²) in [5, 5.41) is 17.1. The molecule has 0 aliphatic heterocycles. The number of thioether (sulfide) groups is 1. The Morgan fingerprint density at radius 1 is 1.00 bits per heavy atom. The fourth-order valence-corrected chi connectivity index (χ4v) is 4.66. The molecule has 0 fully saturated rings. The lowest BCUT2D eigenvalue weighted by molar-refractivity contribution is -0.127. The van der Waals surface area contributed by atoms with Crippen LogP contribution in [0.5, 0.6) is 5.75 Å². The number of aromatic nitrogens is 3. The number of carbonyl (C=O) groups excluding carboxylic acids is 2. The minimum atomic E-state index is -0.655. The summed E-state index contributed by atoms with van der Waals surface area (Å²) in [6.45, 7) is 6.60. The Labute approximate surface area is 220 Å². The first-order valence-electron chi connectivity index (χ1n) is 12.3. The fraction of sp³-hybridized carbons (Fsp3) is 0.286. The molecule has 8 nitrogen and oxygen atoms in total. The predicted molar refractivity (Wildman–Crippen MR) is 147 cm³/mol. The highest BCUT2D eigenvalue weighted by molar-refractivity contribution is 7.99. The molecule has 1 aromatic heterocycles. The molecule has 0 saturated heterocycles. The van der Waals surface area contributed by atoms with Gasteiger partial charge in [0.1, 0.15) is 5.75 Å². The van der Waals surface area contributed by atoms with Gasteiger partial charge >= 0.3 is 0 Å². The fourth-order valence-electron chi connectivity index (χ4n) is 3.84. The number of nitrogens with zero attached hydrogens (tertiary/aromatic N) is 3. The lowest BCUT2D eigenvalue weighted by Gasteiger charge is -2.15. The molecule has 4 aromatic rings. The maximum absolute atomic E-state index is 12.6. The molecule has 2 amide bonds. The predicted octanol–water partition coefficient (Wildman–Crippen LogP) is 4.83. The molecule has 0 aliphatic rings. The van der Waals surface area contributed by atoms with Gasteiger partial charge in [-0.25, -0.2) is 0 Å². The van der Waals surface area contributed by atoms with E-state index in [1.165, 1.54) is 17.3 Å². The zero-order valence-corrected chi connectivity index (χ0v) is 22.0. The highest BCUT2D eigenvalue weighted by Crippen LogP contribution is 2.21. The second kappa shape index (κ2) is 12.4. The largest absolute Gasteiger partial charge is 0.481 e. The topological polar surface area (TPSA) is 98.1 Å². The van der Waals surface area contributed by atoms with E-state index in [1.54, 1.807) is 6.92 Å². The van der Waals surface area contributed by atoms with Gasteiger partial charge in [0.05, 0.1) is 12.3 Å². The third kappa shape index (κ3) is 6.89. The smallest absolute Gasteiger partial charge is 0.261 e. The molecule has 0 radical (unpaired) electrons. The van der Waals surface area contributed by atoms with Crippen LogP contribution in [0.3, 0.4) is 0 Å². The van der Waals surface area contributed by atoms with Gasteiger partial charge < -0.3 is 19.9 Å². The van der Waals surface area contributed by atoms with E-state index in [9.17, 15) is 9.59 Å². The van der Waals surface area contributed by atoms with Crippen LogP contribution in [0.15, 0.2) is 71.9 Å². The van der Waals surface area contributed by atoms with Gasteiger partial charge in [0.25, 0.3) is 5.91 Å². The summed E-state index contributed by atoms with van der Waals surface area (Å²) < 4.78 is 7.65. The number of hydrogen-bond donors (Lipinski definition) is 2. The quantitative estimate of drug-likeness (QED) is 0.277. The number of fused-ring (bicyclic) bond motifs is 1. The van der Waals surface area contributed by atoms with E-state index in [2.05, 4.69) is 27.8 Å². The Kier molecular flexibility index (Phi) is 8.79. The molecule has 4 rings (SSSR count). The van der Waals surface area contributed by atoms with Crippen LogP contribution in [0.2, 0.25) is 0 Å². The number of nitrogens with one attached hydrogen (secondary N) is 2. The number of anilines is 1. The van der Waals surface area contributed by atoms with Crippen LogP contribution < -0.4 is 15.4 Å². The molecule has 3 aromatic carbocycles. The van der Waals surface area contributed by atoms with Gasteiger partial charge in [-0.1, -0.05) is 61.2 Å². The van der Waals surface area contributed by atoms with E-state index in [-0.39, 0.29) is 24.1 Å². The highest BCUT2D eigenvalue weighted by atomic mass is 32.2. The maximum Gasteiger partial charge on any atom is 0.261 e. The molecule has 1 heterocycles. The summed E-state index contributed by atoms with van der Waals surface area (Å²) in [5.74, 6) is 1.09. The average Bonchev–Trinajstić information content (AvgIpc) is 3.32. The molecule has 0 spiro atoms. The van der Waals surface area contributed by atoms with Crippen molar-refractivity contribution in [2.45, 2.75) is 51.5 Å². The number of hydrogen-bond acceptors (Lipinski definition) is 6. The summed E-state index contributed by atoms with van der Waals surface area (Å²) in [6.07, 6.45) is 0.294. The Balaban J connectivity index is 1.28. The van der Waals surface area contributed by atoms with Gasteiger partial charge in [0.2, 0.25) is 5.91 Å². The molecule has 1 atom stereocenters. The monoisotopic (exact) mass is 517 g/mol. The van der Waals surface area contributed by atoms with Crippen molar-refractivity contribution < 1.29 is 14.3 Å². The Morgan fingerprint density at radius 3 is 2.49 bits per heavy atom. The van der Waals surface area contributed by atoms with Crippen molar-refractivity contribution in [1.29, 1.82) is 0 Å². The molecule has 0 bridgehead atoms. The van der Waals surface area contributed by atoms with Gasteiger partial charge in [-0.05, 0) is 60.9 Å². The van der Waals surface area contributed by atoms with Gasteiger partial charge in [-0.3, -0.25) is 9.59 Å². The van der Waals surface area contributed by atoms with E-state index in [0.717, 1.165) is 22.9 Å². The molecular weight excluding hydrogens is 486 g/mol. The summed E-state index contributed by atoms with van der Waals surface area (Å²) in [6, 6.07) is 21.6. The highest BCUT2D eigenvalue weighted by Gasteiger charge is 2.18. The number of carbonyl (C=O) groups is 2. The lowest BCUT2D eigenvalue weighted by Crippen LogP contribution is -2.36. The Morgan fingerprint density at radius 2 is 1.76 bits per heavy atom. The van der Waals surface area contributed by atoms with Crippen molar-refractivity contribution in [3.63, 3.8) is 0 Å². The van der Waals surface area contributed by atoms with Crippen LogP contribution in [0.25, 0.3) is 10.8 Å². The summed E-state index contributed by atoms with van der Waals surface area (Å²) >= 11 is 1.31. The van der Waals surface area contributed by atoms with Crippen molar-refractivity contribution in [2.75, 3.05) is 11.1 Å². The van der Waals surface area contributed by atoms with E-state index in [4.69, 9.17) is 4.74 Å². The normalized spacial score (nSPS) is 11.8. The number of ether oxygens (including phenoxy) is 1. The Bertz CT molecular complexity index is 1370. The van der Waals surface area contributed by atoms with E-state index < -0.39 is 6.10 Å². The van der Waals surface area contributed by atoms with Crippen molar-refractivity contribution in [2.24, 2.45) is 0 Å². The SMILES string of the molecule is CCc1ccc(O[C@@H](C)C(=O)NCc2nnc(SCC(=O)Nc3ccc4ccccc4c3)n2CC)cc1. The molecule has 0 saturated carbocycles.